The topological polar surface area (TPSA) is 63.6 Å². The maximum atomic E-state index is 11.4. The highest BCUT2D eigenvalue weighted by molar-refractivity contribution is 5.93. The van der Waals surface area contributed by atoms with E-state index < -0.39 is 11.4 Å². The monoisotopic (exact) mass is 374 g/mol. The molecular weight excluding hydrogens is 352 g/mol. The molecule has 1 unspecified atom stereocenters. The van der Waals surface area contributed by atoms with Crippen molar-refractivity contribution in [1.82, 2.24) is 0 Å². The Morgan fingerprint density at radius 3 is 2.43 bits per heavy atom. The maximum Gasteiger partial charge on any atom is 0.303 e. The summed E-state index contributed by atoms with van der Waals surface area (Å²) in [7, 11) is 0. The van der Waals surface area contributed by atoms with Crippen molar-refractivity contribution >= 4 is 23.2 Å². The van der Waals surface area contributed by atoms with Crippen LogP contribution in [0.3, 0.4) is 0 Å². The molecule has 0 spiro atoms. The van der Waals surface area contributed by atoms with E-state index >= 15 is 0 Å². The summed E-state index contributed by atoms with van der Waals surface area (Å²) in [6, 6.07) is 18.9. The molecule has 0 amide bonds. The number of carbonyl (C=O) groups excluding carboxylic acids is 1. The Morgan fingerprint density at radius 1 is 1.00 bits per heavy atom. The van der Waals surface area contributed by atoms with Crippen LogP contribution in [0.1, 0.15) is 36.0 Å². The van der Waals surface area contributed by atoms with Crippen LogP contribution in [0.2, 0.25) is 0 Å². The van der Waals surface area contributed by atoms with Gasteiger partial charge in [-0.25, -0.2) is 0 Å². The Balaban J connectivity index is 1.97. The third-order valence-corrected chi connectivity index (χ3v) is 5.86. The summed E-state index contributed by atoms with van der Waals surface area (Å²) in [6.07, 6.45) is 1.08. The van der Waals surface area contributed by atoms with Gasteiger partial charge in [-0.1, -0.05) is 48.0 Å². The zero-order valence-electron chi connectivity index (χ0n) is 15.8. The molecule has 4 heteroatoms. The Kier molecular flexibility index (Phi) is 4.63. The van der Waals surface area contributed by atoms with E-state index in [1.165, 1.54) is 0 Å². The number of benzene rings is 3. The molecule has 0 radical (unpaired) electrons. The molecule has 3 aromatic rings. The molecule has 1 aliphatic rings. The summed E-state index contributed by atoms with van der Waals surface area (Å²) >= 11 is 0. The molecule has 0 fully saturated rings. The van der Waals surface area contributed by atoms with Crippen LogP contribution in [0.4, 0.5) is 0 Å². The standard InChI is InChI=1S/C24H22O4/c1-16-6-7-21-19(12-16)20-13-17-4-2-3-5-18(17)14-22(20)24(21,9-8-23(26)27)10-11-28-15-25/h2-7,12-15H,8-11H2,1H3,(H,26,27). The zero-order chi connectivity index (χ0) is 19.7. The minimum Gasteiger partial charge on any atom is -0.481 e. The first kappa shape index (κ1) is 18.2. The SMILES string of the molecule is Cc1ccc2c(c1)-c1cc3ccccc3cc1C2(CCOC=O)CCC(=O)O. The number of carboxylic acid groups (broad SMARTS) is 1. The Hall–Kier alpha value is -3.14. The van der Waals surface area contributed by atoms with Crippen LogP contribution in [0.5, 0.6) is 0 Å². The summed E-state index contributed by atoms with van der Waals surface area (Å²) in [4.78, 5) is 22.2. The molecule has 4 nitrogen and oxygen atoms in total. The Morgan fingerprint density at radius 2 is 1.71 bits per heavy atom. The average Bonchev–Trinajstić information content (AvgIpc) is 2.94. The van der Waals surface area contributed by atoms with Gasteiger partial charge in [0.2, 0.25) is 0 Å². The van der Waals surface area contributed by atoms with Gasteiger partial charge >= 0.3 is 5.97 Å². The summed E-state index contributed by atoms with van der Waals surface area (Å²) in [5.74, 6) is -0.821. The predicted octanol–water partition coefficient (Wildman–Crippen LogP) is 4.84. The molecule has 3 aromatic carbocycles. The van der Waals surface area contributed by atoms with Crippen molar-refractivity contribution in [3.8, 4) is 11.1 Å². The molecule has 0 saturated heterocycles. The van der Waals surface area contributed by atoms with Gasteiger partial charge in [0.25, 0.3) is 6.47 Å². The normalized spacial score (nSPS) is 17.2. The van der Waals surface area contributed by atoms with Gasteiger partial charge in [-0.15, -0.1) is 0 Å². The highest BCUT2D eigenvalue weighted by Crippen LogP contribution is 2.54. The molecule has 28 heavy (non-hydrogen) atoms. The second-order valence-electron chi connectivity index (χ2n) is 7.49. The van der Waals surface area contributed by atoms with Gasteiger partial charge in [0.15, 0.2) is 0 Å². The molecule has 0 saturated carbocycles. The lowest BCUT2D eigenvalue weighted by Gasteiger charge is -2.32. The number of carbonyl (C=O) groups is 2. The van der Waals surface area contributed by atoms with Crippen LogP contribution in [0.15, 0.2) is 54.6 Å². The van der Waals surface area contributed by atoms with Gasteiger partial charge in [0.1, 0.15) is 0 Å². The summed E-state index contributed by atoms with van der Waals surface area (Å²) in [6.45, 7) is 2.77. The van der Waals surface area contributed by atoms with Gasteiger partial charge < -0.3 is 9.84 Å². The van der Waals surface area contributed by atoms with Crippen molar-refractivity contribution in [3.63, 3.8) is 0 Å². The number of aryl methyl sites for hydroxylation is 1. The molecule has 1 aliphatic carbocycles. The molecule has 142 valence electrons. The summed E-state index contributed by atoms with van der Waals surface area (Å²) < 4.78 is 5.04. The quantitative estimate of drug-likeness (QED) is 0.475. The highest BCUT2D eigenvalue weighted by atomic mass is 16.5. The highest BCUT2D eigenvalue weighted by Gasteiger charge is 2.43. The van der Waals surface area contributed by atoms with Crippen LogP contribution < -0.4 is 0 Å². The lowest BCUT2D eigenvalue weighted by Crippen LogP contribution is -2.28. The minimum absolute atomic E-state index is 0.0562. The van der Waals surface area contributed by atoms with E-state index in [0.29, 0.717) is 19.3 Å². The third-order valence-electron chi connectivity index (χ3n) is 5.86. The molecule has 0 aromatic heterocycles. The van der Waals surface area contributed by atoms with Crippen LogP contribution in [-0.4, -0.2) is 24.2 Å². The second kappa shape index (κ2) is 7.12. The van der Waals surface area contributed by atoms with E-state index in [9.17, 15) is 14.7 Å². The average molecular weight is 374 g/mol. The number of hydrogen-bond donors (Lipinski definition) is 1. The lowest BCUT2D eigenvalue weighted by atomic mass is 9.72. The molecule has 1 N–H and O–H groups in total. The molecule has 0 aliphatic heterocycles. The van der Waals surface area contributed by atoms with Crippen LogP contribution in [-0.2, 0) is 19.7 Å². The number of ether oxygens (including phenoxy) is 1. The van der Waals surface area contributed by atoms with E-state index in [-0.39, 0.29) is 13.0 Å². The van der Waals surface area contributed by atoms with Crippen LogP contribution >= 0.6 is 0 Å². The first-order valence-corrected chi connectivity index (χ1v) is 9.47. The van der Waals surface area contributed by atoms with Gasteiger partial charge in [-0.2, -0.15) is 0 Å². The van der Waals surface area contributed by atoms with Crippen LogP contribution in [0.25, 0.3) is 21.9 Å². The second-order valence-corrected chi connectivity index (χ2v) is 7.49. The van der Waals surface area contributed by atoms with Crippen molar-refractivity contribution in [2.24, 2.45) is 0 Å². The van der Waals surface area contributed by atoms with E-state index in [0.717, 1.165) is 38.6 Å². The van der Waals surface area contributed by atoms with Crippen LogP contribution in [0, 0.1) is 6.92 Å². The Labute approximate surface area is 163 Å². The smallest absolute Gasteiger partial charge is 0.303 e. The minimum atomic E-state index is -0.821. The predicted molar refractivity (Wildman–Crippen MR) is 108 cm³/mol. The zero-order valence-corrected chi connectivity index (χ0v) is 15.8. The van der Waals surface area contributed by atoms with Crippen molar-refractivity contribution in [2.75, 3.05) is 6.61 Å². The number of fused-ring (bicyclic) bond motifs is 4. The third kappa shape index (κ3) is 2.95. The number of carboxylic acids is 1. The van der Waals surface area contributed by atoms with Crippen molar-refractivity contribution in [3.05, 3.63) is 71.3 Å². The van der Waals surface area contributed by atoms with E-state index in [1.54, 1.807) is 0 Å². The first-order chi connectivity index (χ1) is 13.5. The van der Waals surface area contributed by atoms with Gasteiger partial charge in [0, 0.05) is 11.8 Å². The van der Waals surface area contributed by atoms with E-state index in [4.69, 9.17) is 4.74 Å². The summed E-state index contributed by atoms with van der Waals surface area (Å²) in [5, 5.41) is 11.7. The fraction of sp³-hybridized carbons (Fsp3) is 0.250. The Bertz CT molecular complexity index is 1070. The summed E-state index contributed by atoms with van der Waals surface area (Å²) in [5.41, 5.74) is 5.23. The van der Waals surface area contributed by atoms with E-state index in [2.05, 4.69) is 49.4 Å². The fourth-order valence-corrected chi connectivity index (χ4v) is 4.57. The van der Waals surface area contributed by atoms with Crippen molar-refractivity contribution in [2.45, 2.75) is 31.6 Å². The van der Waals surface area contributed by atoms with E-state index in [1.807, 2.05) is 12.1 Å². The number of rotatable bonds is 7. The first-order valence-electron chi connectivity index (χ1n) is 9.47. The molecule has 4 rings (SSSR count). The van der Waals surface area contributed by atoms with Gasteiger partial charge in [-0.05, 0) is 64.9 Å². The van der Waals surface area contributed by atoms with Crippen molar-refractivity contribution in [1.29, 1.82) is 0 Å². The molecule has 1 atom stereocenters. The number of hydrogen-bond acceptors (Lipinski definition) is 3. The number of aliphatic carboxylic acids is 1. The fourth-order valence-electron chi connectivity index (χ4n) is 4.57. The molecular formula is C24H22O4. The van der Waals surface area contributed by atoms with Crippen molar-refractivity contribution < 1.29 is 19.4 Å². The lowest BCUT2D eigenvalue weighted by molar-refractivity contribution is -0.137. The molecule has 0 bridgehead atoms. The van der Waals surface area contributed by atoms with Gasteiger partial charge in [-0.3, -0.25) is 9.59 Å². The molecule has 0 heterocycles. The van der Waals surface area contributed by atoms with Gasteiger partial charge in [0.05, 0.1) is 6.61 Å². The maximum absolute atomic E-state index is 11.4. The largest absolute Gasteiger partial charge is 0.481 e.